The molecule has 0 bridgehead atoms. The molecule has 5 nitrogen and oxygen atoms in total. The topological polar surface area (TPSA) is 76.7 Å². The summed E-state index contributed by atoms with van der Waals surface area (Å²) >= 11 is 0. The standard InChI is InChI=1S/C16H20FN5/c1-8-6-11-4-5-13(12(11)7-9(8)2)19-16-21-14(10(3)17)20-15(18)22-16/h6-7,10,13H,4-5H2,1-3H3,(H3,18,19,20,21,22)/t10-,13?/m1/s1. The van der Waals surface area contributed by atoms with E-state index >= 15 is 0 Å². The number of aromatic nitrogens is 3. The Morgan fingerprint density at radius 1 is 1.23 bits per heavy atom. The van der Waals surface area contributed by atoms with Gasteiger partial charge in [-0.3, -0.25) is 0 Å². The first kappa shape index (κ1) is 14.7. The van der Waals surface area contributed by atoms with E-state index in [9.17, 15) is 4.39 Å². The molecule has 1 unspecified atom stereocenters. The molecule has 0 amide bonds. The monoisotopic (exact) mass is 301 g/mol. The average molecular weight is 301 g/mol. The van der Waals surface area contributed by atoms with Gasteiger partial charge in [-0.25, -0.2) is 4.39 Å². The lowest BCUT2D eigenvalue weighted by molar-refractivity contribution is 0.356. The molecule has 1 aliphatic rings. The first-order chi connectivity index (χ1) is 10.4. The third kappa shape index (κ3) is 2.73. The predicted octanol–water partition coefficient (Wildman–Crippen LogP) is 3.20. The second kappa shape index (κ2) is 5.51. The number of nitrogens with zero attached hydrogens (tertiary/aromatic N) is 3. The number of nitrogen functional groups attached to an aromatic ring is 1. The van der Waals surface area contributed by atoms with E-state index in [0.29, 0.717) is 5.95 Å². The van der Waals surface area contributed by atoms with Crippen LogP contribution in [0, 0.1) is 13.8 Å². The molecule has 0 fully saturated rings. The van der Waals surface area contributed by atoms with Crippen molar-refractivity contribution < 1.29 is 4.39 Å². The van der Waals surface area contributed by atoms with Gasteiger partial charge >= 0.3 is 0 Å². The molecule has 3 rings (SSSR count). The number of hydrogen-bond donors (Lipinski definition) is 2. The molecule has 1 aromatic carbocycles. The molecule has 0 spiro atoms. The zero-order valence-corrected chi connectivity index (χ0v) is 13.0. The van der Waals surface area contributed by atoms with E-state index in [2.05, 4.69) is 46.2 Å². The van der Waals surface area contributed by atoms with E-state index in [1.54, 1.807) is 0 Å². The Kier molecular flexibility index (Phi) is 3.68. The Hall–Kier alpha value is -2.24. The number of fused-ring (bicyclic) bond motifs is 1. The van der Waals surface area contributed by atoms with Crippen LogP contribution in [-0.4, -0.2) is 15.0 Å². The highest BCUT2D eigenvalue weighted by Crippen LogP contribution is 2.35. The van der Waals surface area contributed by atoms with Crippen LogP contribution in [0.5, 0.6) is 0 Å². The summed E-state index contributed by atoms with van der Waals surface area (Å²) in [6, 6.07) is 4.57. The van der Waals surface area contributed by atoms with Gasteiger partial charge in [0.05, 0.1) is 6.04 Å². The van der Waals surface area contributed by atoms with Crippen LogP contribution in [0.4, 0.5) is 16.3 Å². The van der Waals surface area contributed by atoms with Crippen LogP contribution in [0.1, 0.15) is 53.6 Å². The van der Waals surface area contributed by atoms with Crippen LogP contribution < -0.4 is 11.1 Å². The lowest BCUT2D eigenvalue weighted by Crippen LogP contribution is -2.14. The van der Waals surface area contributed by atoms with Crippen LogP contribution in [-0.2, 0) is 6.42 Å². The lowest BCUT2D eigenvalue weighted by atomic mass is 10.0. The van der Waals surface area contributed by atoms with Gasteiger partial charge in [-0.2, -0.15) is 15.0 Å². The molecule has 2 aromatic rings. The number of rotatable bonds is 3. The summed E-state index contributed by atoms with van der Waals surface area (Å²) in [5, 5.41) is 3.27. The van der Waals surface area contributed by atoms with E-state index in [4.69, 9.17) is 5.73 Å². The molecular weight excluding hydrogens is 281 g/mol. The Balaban J connectivity index is 1.89. The van der Waals surface area contributed by atoms with Crippen molar-refractivity contribution in [3.8, 4) is 0 Å². The number of halogens is 1. The minimum atomic E-state index is -1.27. The van der Waals surface area contributed by atoms with Crippen LogP contribution >= 0.6 is 0 Å². The molecule has 0 aliphatic heterocycles. The minimum absolute atomic E-state index is 0.0373. The molecule has 0 radical (unpaired) electrons. The summed E-state index contributed by atoms with van der Waals surface area (Å²) in [5.41, 5.74) is 10.8. The number of nitrogens with one attached hydrogen (secondary N) is 1. The van der Waals surface area contributed by atoms with Crippen molar-refractivity contribution in [1.82, 2.24) is 15.0 Å². The zero-order chi connectivity index (χ0) is 15.9. The Bertz CT molecular complexity index is 714. The second-order valence-corrected chi connectivity index (χ2v) is 5.86. The summed E-state index contributed by atoms with van der Waals surface area (Å²) in [6.45, 7) is 5.61. The number of anilines is 2. The maximum absolute atomic E-state index is 13.4. The quantitative estimate of drug-likeness (QED) is 0.910. The number of alkyl halides is 1. The van der Waals surface area contributed by atoms with Crippen molar-refractivity contribution in [2.45, 2.75) is 45.8 Å². The minimum Gasteiger partial charge on any atom is -0.368 e. The van der Waals surface area contributed by atoms with Crippen LogP contribution in [0.15, 0.2) is 12.1 Å². The van der Waals surface area contributed by atoms with Crippen molar-refractivity contribution in [3.05, 3.63) is 40.2 Å². The van der Waals surface area contributed by atoms with Crippen molar-refractivity contribution in [2.75, 3.05) is 11.1 Å². The molecule has 1 heterocycles. The summed E-state index contributed by atoms with van der Waals surface area (Å²) < 4.78 is 13.4. The first-order valence-electron chi connectivity index (χ1n) is 7.46. The fourth-order valence-electron chi connectivity index (χ4n) is 2.85. The van der Waals surface area contributed by atoms with Gasteiger partial charge in [0.15, 0.2) is 12.0 Å². The lowest BCUT2D eigenvalue weighted by Gasteiger charge is -2.16. The Labute approximate surface area is 129 Å². The van der Waals surface area contributed by atoms with Crippen LogP contribution in [0.25, 0.3) is 0 Å². The highest BCUT2D eigenvalue weighted by atomic mass is 19.1. The highest BCUT2D eigenvalue weighted by molar-refractivity contribution is 5.46. The van der Waals surface area contributed by atoms with Gasteiger partial charge in [-0.05, 0) is 55.9 Å². The molecule has 22 heavy (non-hydrogen) atoms. The van der Waals surface area contributed by atoms with E-state index in [-0.39, 0.29) is 17.8 Å². The smallest absolute Gasteiger partial charge is 0.228 e. The maximum Gasteiger partial charge on any atom is 0.228 e. The molecule has 0 saturated heterocycles. The van der Waals surface area contributed by atoms with Crippen molar-refractivity contribution in [1.29, 1.82) is 0 Å². The normalized spacial score (nSPS) is 18.1. The Morgan fingerprint density at radius 2 is 1.95 bits per heavy atom. The summed E-state index contributed by atoms with van der Waals surface area (Å²) in [5.74, 6) is 0.437. The first-order valence-corrected chi connectivity index (χ1v) is 7.46. The van der Waals surface area contributed by atoms with Crippen LogP contribution in [0.2, 0.25) is 0 Å². The highest BCUT2D eigenvalue weighted by Gasteiger charge is 2.24. The van der Waals surface area contributed by atoms with E-state index in [1.807, 2.05) is 0 Å². The number of aryl methyl sites for hydroxylation is 3. The van der Waals surface area contributed by atoms with Gasteiger partial charge in [0.2, 0.25) is 11.9 Å². The van der Waals surface area contributed by atoms with Gasteiger partial charge in [0, 0.05) is 0 Å². The molecule has 6 heteroatoms. The molecule has 2 atom stereocenters. The predicted molar refractivity (Wildman–Crippen MR) is 84.4 cm³/mol. The number of nitrogens with two attached hydrogens (primary N) is 1. The zero-order valence-electron chi connectivity index (χ0n) is 13.0. The summed E-state index contributed by atoms with van der Waals surface area (Å²) in [7, 11) is 0. The van der Waals surface area contributed by atoms with Crippen LogP contribution in [0.3, 0.4) is 0 Å². The fraction of sp³-hybridized carbons (Fsp3) is 0.438. The largest absolute Gasteiger partial charge is 0.368 e. The summed E-state index contributed by atoms with van der Waals surface area (Å²) in [6.07, 6.45) is 0.706. The van der Waals surface area contributed by atoms with E-state index in [0.717, 1.165) is 12.8 Å². The number of benzene rings is 1. The van der Waals surface area contributed by atoms with Gasteiger partial charge in [0.25, 0.3) is 0 Å². The average Bonchev–Trinajstić information content (AvgIpc) is 2.81. The SMILES string of the molecule is Cc1cc2c(cc1C)C(Nc1nc(N)nc([C@@H](C)F)n1)CC2. The van der Waals surface area contributed by atoms with E-state index < -0.39 is 6.17 Å². The van der Waals surface area contributed by atoms with Gasteiger partial charge < -0.3 is 11.1 Å². The maximum atomic E-state index is 13.4. The molecule has 1 aromatic heterocycles. The fourth-order valence-corrected chi connectivity index (χ4v) is 2.85. The van der Waals surface area contributed by atoms with Gasteiger partial charge in [-0.15, -0.1) is 0 Å². The van der Waals surface area contributed by atoms with Gasteiger partial charge in [0.1, 0.15) is 0 Å². The molecular formula is C16H20FN5. The van der Waals surface area contributed by atoms with Gasteiger partial charge in [-0.1, -0.05) is 12.1 Å². The number of hydrogen-bond acceptors (Lipinski definition) is 5. The summed E-state index contributed by atoms with van der Waals surface area (Å²) in [4.78, 5) is 12.0. The third-order valence-electron chi connectivity index (χ3n) is 4.16. The third-order valence-corrected chi connectivity index (χ3v) is 4.16. The van der Waals surface area contributed by atoms with Crippen molar-refractivity contribution >= 4 is 11.9 Å². The Morgan fingerprint density at radius 3 is 2.68 bits per heavy atom. The molecule has 3 N–H and O–H groups in total. The second-order valence-electron chi connectivity index (χ2n) is 5.86. The molecule has 116 valence electrons. The van der Waals surface area contributed by atoms with Crippen molar-refractivity contribution in [3.63, 3.8) is 0 Å². The van der Waals surface area contributed by atoms with Crippen molar-refractivity contribution in [2.24, 2.45) is 0 Å². The van der Waals surface area contributed by atoms with E-state index in [1.165, 1.54) is 29.2 Å². The molecule has 1 aliphatic carbocycles. The molecule has 0 saturated carbocycles.